The lowest BCUT2D eigenvalue weighted by atomic mass is 10.3. The number of rotatable bonds is 8. The van der Waals surface area contributed by atoms with Crippen LogP contribution < -0.4 is 5.32 Å². The van der Waals surface area contributed by atoms with E-state index in [0.29, 0.717) is 13.2 Å². The number of hydrogen-bond acceptors (Lipinski definition) is 5. The van der Waals surface area contributed by atoms with Gasteiger partial charge in [-0.25, -0.2) is 4.79 Å². The monoisotopic (exact) mass is 233 g/mol. The summed E-state index contributed by atoms with van der Waals surface area (Å²) in [4.78, 5) is 22.2. The number of carbonyl (C=O) groups excluding carboxylic acids is 2. The largest absolute Gasteiger partial charge is 0.464 e. The van der Waals surface area contributed by atoms with Gasteiger partial charge in [-0.05, 0) is 6.92 Å². The van der Waals surface area contributed by atoms with Crippen molar-refractivity contribution in [3.05, 3.63) is 0 Å². The summed E-state index contributed by atoms with van der Waals surface area (Å²) in [6, 6.07) is -0.755. The van der Waals surface area contributed by atoms with Crippen LogP contribution in [0.5, 0.6) is 0 Å². The highest BCUT2D eigenvalue weighted by atomic mass is 16.5. The molecule has 1 N–H and O–H groups in total. The van der Waals surface area contributed by atoms with Gasteiger partial charge < -0.3 is 19.5 Å². The molecule has 0 aromatic carbocycles. The summed E-state index contributed by atoms with van der Waals surface area (Å²) in [5.41, 5.74) is 0. The Morgan fingerprint density at radius 3 is 2.50 bits per heavy atom. The Kier molecular flexibility index (Phi) is 8.46. The lowest BCUT2D eigenvalue weighted by molar-refractivity contribution is -0.149. The van der Waals surface area contributed by atoms with Crippen LogP contribution in [0.3, 0.4) is 0 Å². The van der Waals surface area contributed by atoms with Gasteiger partial charge in [-0.15, -0.1) is 0 Å². The predicted octanol–water partition coefficient (Wildman–Crippen LogP) is -0.283. The molecule has 0 rings (SSSR count). The molecular formula is C10H19NO5. The summed E-state index contributed by atoms with van der Waals surface area (Å²) in [6.07, 6.45) is 0. The van der Waals surface area contributed by atoms with Crippen molar-refractivity contribution >= 4 is 11.9 Å². The molecule has 0 spiro atoms. The Bertz CT molecular complexity index is 219. The van der Waals surface area contributed by atoms with E-state index < -0.39 is 12.0 Å². The van der Waals surface area contributed by atoms with E-state index in [-0.39, 0.29) is 19.1 Å². The number of carbonyl (C=O) groups is 2. The Labute approximate surface area is 95.2 Å². The van der Waals surface area contributed by atoms with Crippen molar-refractivity contribution in [3.63, 3.8) is 0 Å². The van der Waals surface area contributed by atoms with E-state index in [0.717, 1.165) is 0 Å². The highest BCUT2D eigenvalue weighted by Crippen LogP contribution is 1.92. The van der Waals surface area contributed by atoms with E-state index >= 15 is 0 Å². The molecule has 6 heteroatoms. The van der Waals surface area contributed by atoms with Gasteiger partial charge in [0, 0.05) is 14.0 Å². The number of ether oxygens (including phenoxy) is 3. The minimum atomic E-state index is -0.755. The fraction of sp³-hybridized carbons (Fsp3) is 0.800. The van der Waals surface area contributed by atoms with Crippen molar-refractivity contribution in [1.29, 1.82) is 0 Å². The maximum atomic E-state index is 11.4. The molecule has 0 fully saturated rings. The van der Waals surface area contributed by atoms with Crippen molar-refractivity contribution in [2.75, 3.05) is 33.5 Å². The number of amides is 1. The molecule has 0 saturated heterocycles. The number of esters is 1. The summed E-state index contributed by atoms with van der Waals surface area (Å²) in [5, 5.41) is 2.46. The van der Waals surface area contributed by atoms with Crippen LogP contribution in [0.2, 0.25) is 0 Å². The highest BCUT2D eigenvalue weighted by Gasteiger charge is 2.20. The van der Waals surface area contributed by atoms with Crippen molar-refractivity contribution < 1.29 is 23.8 Å². The van der Waals surface area contributed by atoms with E-state index in [2.05, 4.69) is 5.32 Å². The smallest absolute Gasteiger partial charge is 0.331 e. The van der Waals surface area contributed by atoms with E-state index in [1.54, 1.807) is 14.0 Å². The first-order valence-corrected chi connectivity index (χ1v) is 5.12. The summed E-state index contributed by atoms with van der Waals surface area (Å²) >= 11 is 0. The molecule has 0 unspecified atom stereocenters. The quantitative estimate of drug-likeness (QED) is 0.461. The van der Waals surface area contributed by atoms with Gasteiger partial charge in [0.25, 0.3) is 0 Å². The van der Waals surface area contributed by atoms with Gasteiger partial charge in [0.2, 0.25) is 5.91 Å². The van der Waals surface area contributed by atoms with E-state index in [4.69, 9.17) is 14.2 Å². The Balaban J connectivity index is 3.99. The molecule has 0 bridgehead atoms. The molecule has 0 aliphatic heterocycles. The highest BCUT2D eigenvalue weighted by molar-refractivity contribution is 5.83. The van der Waals surface area contributed by atoms with Crippen molar-refractivity contribution in [2.24, 2.45) is 0 Å². The van der Waals surface area contributed by atoms with Gasteiger partial charge in [-0.2, -0.15) is 0 Å². The number of nitrogens with one attached hydrogen (secondary N) is 1. The molecule has 1 amide bonds. The molecule has 0 aliphatic rings. The van der Waals surface area contributed by atoms with Gasteiger partial charge >= 0.3 is 5.97 Å². The molecule has 16 heavy (non-hydrogen) atoms. The van der Waals surface area contributed by atoms with Crippen LogP contribution in [0.15, 0.2) is 0 Å². The van der Waals surface area contributed by atoms with Crippen molar-refractivity contribution in [2.45, 2.75) is 19.9 Å². The maximum Gasteiger partial charge on any atom is 0.331 e. The van der Waals surface area contributed by atoms with Crippen LogP contribution in [0.25, 0.3) is 0 Å². The fourth-order valence-electron chi connectivity index (χ4n) is 1.00. The summed E-state index contributed by atoms with van der Waals surface area (Å²) in [7, 11) is 1.56. The Morgan fingerprint density at radius 2 is 2.00 bits per heavy atom. The van der Waals surface area contributed by atoms with E-state index in [9.17, 15) is 9.59 Å². The second-order valence-electron chi connectivity index (χ2n) is 3.07. The average molecular weight is 233 g/mol. The molecule has 0 heterocycles. The number of methoxy groups -OCH3 is 1. The zero-order chi connectivity index (χ0) is 12.4. The van der Waals surface area contributed by atoms with Gasteiger partial charge in [0.1, 0.15) is 0 Å². The van der Waals surface area contributed by atoms with Crippen LogP contribution in [-0.2, 0) is 23.8 Å². The van der Waals surface area contributed by atoms with Crippen LogP contribution in [0, 0.1) is 0 Å². The normalized spacial score (nSPS) is 11.9. The van der Waals surface area contributed by atoms with Crippen LogP contribution in [0.1, 0.15) is 13.8 Å². The molecule has 0 aliphatic carbocycles. The lowest BCUT2D eigenvalue weighted by Crippen LogP contribution is -2.44. The SMILES string of the molecule is CCOC(=O)[C@@H](COCCOC)NC(C)=O. The van der Waals surface area contributed by atoms with Gasteiger partial charge in [-0.1, -0.05) is 0 Å². The lowest BCUT2D eigenvalue weighted by Gasteiger charge is -2.16. The maximum absolute atomic E-state index is 11.4. The van der Waals surface area contributed by atoms with Gasteiger partial charge in [0.15, 0.2) is 6.04 Å². The van der Waals surface area contributed by atoms with Gasteiger partial charge in [0.05, 0.1) is 26.4 Å². The van der Waals surface area contributed by atoms with Crippen LogP contribution in [0.4, 0.5) is 0 Å². The third-order valence-corrected chi connectivity index (χ3v) is 1.66. The molecule has 0 aromatic heterocycles. The first-order valence-electron chi connectivity index (χ1n) is 5.12. The van der Waals surface area contributed by atoms with Crippen LogP contribution >= 0.6 is 0 Å². The first kappa shape index (κ1) is 14.9. The molecule has 0 saturated carbocycles. The topological polar surface area (TPSA) is 73.9 Å². The molecule has 0 aromatic rings. The van der Waals surface area contributed by atoms with Crippen molar-refractivity contribution in [1.82, 2.24) is 5.32 Å². The predicted molar refractivity (Wildman–Crippen MR) is 56.9 cm³/mol. The number of hydrogen-bond donors (Lipinski definition) is 1. The molecule has 6 nitrogen and oxygen atoms in total. The minimum Gasteiger partial charge on any atom is -0.464 e. The summed E-state index contributed by atoms with van der Waals surface area (Å²) in [5.74, 6) is -0.788. The van der Waals surface area contributed by atoms with Gasteiger partial charge in [-0.3, -0.25) is 4.79 Å². The molecule has 1 atom stereocenters. The third-order valence-electron chi connectivity index (χ3n) is 1.66. The van der Waals surface area contributed by atoms with Crippen LogP contribution in [-0.4, -0.2) is 51.5 Å². The minimum absolute atomic E-state index is 0.0851. The standard InChI is InChI=1S/C10H19NO5/c1-4-16-10(13)9(11-8(2)12)7-15-6-5-14-3/h9H,4-7H2,1-3H3,(H,11,12)/t9-/m1/s1. The van der Waals surface area contributed by atoms with E-state index in [1.807, 2.05) is 0 Å². The second-order valence-corrected chi connectivity index (χ2v) is 3.07. The zero-order valence-corrected chi connectivity index (χ0v) is 9.95. The van der Waals surface area contributed by atoms with Crippen molar-refractivity contribution in [3.8, 4) is 0 Å². The molecular weight excluding hydrogens is 214 g/mol. The first-order chi connectivity index (χ1) is 7.61. The summed E-state index contributed by atoms with van der Waals surface area (Å²) in [6.45, 7) is 4.20. The van der Waals surface area contributed by atoms with E-state index in [1.165, 1.54) is 6.92 Å². The Hall–Kier alpha value is -1.14. The molecule has 0 radical (unpaired) electrons. The fourth-order valence-corrected chi connectivity index (χ4v) is 1.00. The Morgan fingerprint density at radius 1 is 1.31 bits per heavy atom. The zero-order valence-electron chi connectivity index (χ0n) is 9.95. The summed E-state index contributed by atoms with van der Waals surface area (Å²) < 4.78 is 14.7. The molecule has 94 valence electrons. The average Bonchev–Trinajstić information content (AvgIpc) is 2.22. The second kappa shape index (κ2) is 9.11. The third kappa shape index (κ3) is 7.19.